The first-order valence-corrected chi connectivity index (χ1v) is 10.1. The van der Waals surface area contributed by atoms with Gasteiger partial charge in [0, 0.05) is 34.9 Å². The van der Waals surface area contributed by atoms with E-state index in [1.54, 1.807) is 6.07 Å². The van der Waals surface area contributed by atoms with Crippen molar-refractivity contribution in [1.82, 2.24) is 9.97 Å². The van der Waals surface area contributed by atoms with Crippen LogP contribution in [0.1, 0.15) is 41.6 Å². The third-order valence-electron chi connectivity index (χ3n) is 5.63. The van der Waals surface area contributed by atoms with Gasteiger partial charge in [-0.2, -0.15) is 13.2 Å². The van der Waals surface area contributed by atoms with Crippen LogP contribution in [0.15, 0.2) is 30.5 Å². The number of benzene rings is 1. The lowest BCUT2D eigenvalue weighted by Crippen LogP contribution is -2.43. The number of alkyl halides is 3. The summed E-state index contributed by atoms with van der Waals surface area (Å²) in [5.41, 5.74) is 10.6. The molecule has 4 rings (SSSR count). The lowest BCUT2D eigenvalue weighted by molar-refractivity contribution is -0.137. The molecule has 2 aromatic heterocycles. The van der Waals surface area contributed by atoms with Crippen LogP contribution in [-0.2, 0) is 6.18 Å². The Morgan fingerprint density at radius 2 is 1.91 bits per heavy atom. The van der Waals surface area contributed by atoms with Crippen LogP contribution in [0.5, 0.6) is 0 Å². The van der Waals surface area contributed by atoms with E-state index in [0.29, 0.717) is 5.39 Å². The van der Waals surface area contributed by atoms with E-state index in [1.807, 2.05) is 0 Å². The third-order valence-corrected chi connectivity index (χ3v) is 5.63. The van der Waals surface area contributed by atoms with Crippen LogP contribution in [0, 0.1) is 5.82 Å². The number of carbonyl (C=O) groups is 1. The predicted molar refractivity (Wildman–Crippen MR) is 113 cm³/mol. The van der Waals surface area contributed by atoms with Crippen molar-refractivity contribution in [3.63, 3.8) is 0 Å². The van der Waals surface area contributed by atoms with Gasteiger partial charge in [0.15, 0.2) is 11.6 Å². The predicted octanol–water partition coefficient (Wildman–Crippen LogP) is 4.25. The van der Waals surface area contributed by atoms with Crippen molar-refractivity contribution in [3.8, 4) is 0 Å². The van der Waals surface area contributed by atoms with Gasteiger partial charge in [-0.05, 0) is 37.1 Å². The topological polar surface area (TPSA) is 122 Å². The summed E-state index contributed by atoms with van der Waals surface area (Å²) in [5, 5.41) is 6.14. The first-order valence-electron chi connectivity index (χ1n) is 10.1. The minimum absolute atomic E-state index is 0.0398. The van der Waals surface area contributed by atoms with Gasteiger partial charge in [0.2, 0.25) is 0 Å². The number of primary amides is 1. The number of nitrogens with zero attached hydrogens (tertiary/aromatic N) is 1. The summed E-state index contributed by atoms with van der Waals surface area (Å²) in [6.45, 7) is 0. The molecule has 0 saturated heterocycles. The van der Waals surface area contributed by atoms with E-state index in [2.05, 4.69) is 20.6 Å². The Labute approximate surface area is 180 Å². The molecule has 0 aliphatic heterocycles. The van der Waals surface area contributed by atoms with Crippen LogP contribution in [0.25, 0.3) is 10.9 Å². The summed E-state index contributed by atoms with van der Waals surface area (Å²) in [5.74, 6) is -2.10. The van der Waals surface area contributed by atoms with Crippen LogP contribution in [-0.4, -0.2) is 28.0 Å². The van der Waals surface area contributed by atoms with E-state index in [1.165, 1.54) is 6.20 Å². The van der Waals surface area contributed by atoms with E-state index in [-0.39, 0.29) is 40.5 Å². The van der Waals surface area contributed by atoms with Crippen molar-refractivity contribution < 1.29 is 22.4 Å². The number of nitrogens with two attached hydrogens (primary N) is 2. The van der Waals surface area contributed by atoms with Crippen molar-refractivity contribution in [2.24, 2.45) is 11.5 Å². The maximum Gasteiger partial charge on any atom is 0.416 e. The fourth-order valence-electron chi connectivity index (χ4n) is 3.95. The van der Waals surface area contributed by atoms with E-state index in [0.717, 1.165) is 43.9 Å². The number of aromatic nitrogens is 2. The highest BCUT2D eigenvalue weighted by atomic mass is 19.4. The number of fused-ring (bicyclic) bond motifs is 1. The lowest BCUT2D eigenvalue weighted by atomic mass is 9.91. The van der Waals surface area contributed by atoms with Crippen molar-refractivity contribution >= 4 is 34.1 Å². The van der Waals surface area contributed by atoms with Gasteiger partial charge in [-0.3, -0.25) is 4.79 Å². The molecule has 1 aliphatic carbocycles. The zero-order chi connectivity index (χ0) is 23.0. The standard InChI is InChI=1S/C21H22F4N6O/c22-13-9-12(18(27)32)19(31-20(13)29-15-4-2-1-3-14(15)26)30-17-8-10(21(23,24)25)7-16-11(17)5-6-28-16/h5-9,14-15,28H,1-4,26H2,(H2,27,32)(H2,29,30,31)/t14?,15-/m1/s1. The molecule has 1 saturated carbocycles. The summed E-state index contributed by atoms with van der Waals surface area (Å²) in [4.78, 5) is 18.8. The zero-order valence-corrected chi connectivity index (χ0v) is 16.9. The van der Waals surface area contributed by atoms with Gasteiger partial charge < -0.3 is 27.1 Å². The molecule has 0 radical (unpaired) electrons. The summed E-state index contributed by atoms with van der Waals surface area (Å²) < 4.78 is 54.8. The number of hydrogen-bond donors (Lipinski definition) is 5. The summed E-state index contributed by atoms with van der Waals surface area (Å²) in [6.07, 6.45) is 0.292. The molecule has 7 N–H and O–H groups in total. The summed E-state index contributed by atoms with van der Waals surface area (Å²) in [7, 11) is 0. The van der Waals surface area contributed by atoms with E-state index in [9.17, 15) is 22.4 Å². The second-order valence-electron chi connectivity index (χ2n) is 7.86. The minimum Gasteiger partial charge on any atom is -0.365 e. The molecule has 1 aromatic carbocycles. The number of anilines is 3. The molecule has 1 unspecified atom stereocenters. The number of nitrogens with one attached hydrogen (secondary N) is 3. The number of carbonyl (C=O) groups excluding carboxylic acids is 1. The van der Waals surface area contributed by atoms with Gasteiger partial charge in [0.05, 0.1) is 11.1 Å². The Morgan fingerprint density at radius 1 is 1.16 bits per heavy atom. The van der Waals surface area contributed by atoms with Gasteiger partial charge >= 0.3 is 6.18 Å². The molecular formula is C21H22F4N6O. The van der Waals surface area contributed by atoms with Gasteiger partial charge in [-0.25, -0.2) is 9.37 Å². The number of pyridine rings is 1. The van der Waals surface area contributed by atoms with Crippen LogP contribution < -0.4 is 22.1 Å². The normalized spacial score (nSPS) is 19.2. The molecule has 1 fully saturated rings. The molecule has 3 aromatic rings. The molecule has 0 bridgehead atoms. The second-order valence-corrected chi connectivity index (χ2v) is 7.86. The number of aromatic amines is 1. The monoisotopic (exact) mass is 450 g/mol. The highest BCUT2D eigenvalue weighted by Gasteiger charge is 2.32. The maximum absolute atomic E-state index is 14.7. The molecule has 2 atom stereocenters. The largest absolute Gasteiger partial charge is 0.416 e. The molecule has 11 heteroatoms. The first-order chi connectivity index (χ1) is 15.1. The van der Waals surface area contributed by atoms with Crippen molar-refractivity contribution in [1.29, 1.82) is 0 Å². The van der Waals surface area contributed by atoms with Gasteiger partial charge in [-0.1, -0.05) is 12.8 Å². The average Bonchev–Trinajstić information content (AvgIpc) is 3.20. The Bertz CT molecular complexity index is 1160. The molecular weight excluding hydrogens is 428 g/mol. The van der Waals surface area contributed by atoms with Crippen LogP contribution >= 0.6 is 0 Å². The fraction of sp³-hybridized carbons (Fsp3) is 0.333. The van der Waals surface area contributed by atoms with Gasteiger partial charge in [0.25, 0.3) is 5.91 Å². The fourth-order valence-corrected chi connectivity index (χ4v) is 3.95. The number of hydrogen-bond acceptors (Lipinski definition) is 5. The number of halogens is 4. The molecule has 1 amide bonds. The van der Waals surface area contributed by atoms with Gasteiger partial charge in [0.1, 0.15) is 5.82 Å². The van der Waals surface area contributed by atoms with Crippen molar-refractivity contribution in [2.75, 3.05) is 10.6 Å². The third kappa shape index (κ3) is 4.33. The van der Waals surface area contributed by atoms with E-state index in [4.69, 9.17) is 11.5 Å². The Morgan fingerprint density at radius 3 is 2.59 bits per heavy atom. The first kappa shape index (κ1) is 21.9. The summed E-state index contributed by atoms with van der Waals surface area (Å²) in [6, 6.07) is 3.95. The molecule has 1 aliphatic rings. The van der Waals surface area contributed by atoms with Crippen LogP contribution in [0.2, 0.25) is 0 Å². The number of amides is 1. The number of rotatable bonds is 5. The van der Waals surface area contributed by atoms with Crippen LogP contribution in [0.3, 0.4) is 0 Å². The highest BCUT2D eigenvalue weighted by molar-refractivity contribution is 6.01. The highest BCUT2D eigenvalue weighted by Crippen LogP contribution is 2.36. The minimum atomic E-state index is -4.59. The smallest absolute Gasteiger partial charge is 0.365 e. The van der Waals surface area contributed by atoms with Gasteiger partial charge in [-0.15, -0.1) is 0 Å². The van der Waals surface area contributed by atoms with Crippen molar-refractivity contribution in [3.05, 3.63) is 47.4 Å². The zero-order valence-electron chi connectivity index (χ0n) is 16.9. The van der Waals surface area contributed by atoms with E-state index < -0.39 is 23.5 Å². The lowest BCUT2D eigenvalue weighted by Gasteiger charge is -2.30. The Kier molecular flexibility index (Phi) is 5.68. The Hall–Kier alpha value is -3.34. The Balaban J connectivity index is 1.76. The molecule has 170 valence electrons. The molecule has 0 spiro atoms. The second kappa shape index (κ2) is 8.30. The number of H-pyrrole nitrogens is 1. The van der Waals surface area contributed by atoms with E-state index >= 15 is 0 Å². The quantitative estimate of drug-likeness (QED) is 0.372. The average molecular weight is 450 g/mol. The van der Waals surface area contributed by atoms with Crippen LogP contribution in [0.4, 0.5) is 34.9 Å². The SMILES string of the molecule is NC(=O)c1cc(F)c(N[C@@H]2CCCCC2N)nc1Nc1cc(C(F)(F)F)cc2[nH]ccc12. The molecule has 2 heterocycles. The summed E-state index contributed by atoms with van der Waals surface area (Å²) >= 11 is 0. The molecule has 7 nitrogen and oxygen atoms in total. The van der Waals surface area contributed by atoms with Crippen molar-refractivity contribution in [2.45, 2.75) is 43.9 Å². The molecule has 32 heavy (non-hydrogen) atoms. The maximum atomic E-state index is 14.7.